The van der Waals surface area contributed by atoms with Gasteiger partial charge in [0.1, 0.15) is 0 Å². The van der Waals surface area contributed by atoms with Crippen LogP contribution in [0.4, 0.5) is 0 Å². The Bertz CT molecular complexity index is 369. The molecule has 0 bridgehead atoms. The Hall–Kier alpha value is -1.65. The van der Waals surface area contributed by atoms with Crippen LogP contribution in [0.2, 0.25) is 0 Å². The van der Waals surface area contributed by atoms with Crippen molar-refractivity contribution in [1.82, 2.24) is 4.90 Å². The fraction of sp³-hybridized carbons (Fsp3) is 0.667. The number of esters is 1. The van der Waals surface area contributed by atoms with Crippen molar-refractivity contribution >= 4 is 17.8 Å². The predicted molar refractivity (Wildman–Crippen MR) is 74.7 cm³/mol. The van der Waals surface area contributed by atoms with E-state index in [0.717, 1.165) is 25.7 Å². The van der Waals surface area contributed by atoms with Gasteiger partial charge in [-0.25, -0.2) is 0 Å². The summed E-state index contributed by atoms with van der Waals surface area (Å²) >= 11 is 0. The number of unbranched alkanes of at least 4 members (excludes halogenated alkanes) is 2. The summed E-state index contributed by atoms with van der Waals surface area (Å²) in [5, 5.41) is 0. The maximum atomic E-state index is 11.4. The SMILES string of the molecule is CC(C)CCOC(=O)CCCCCN1C(=O)C=CC1=O. The molecule has 0 aromatic heterocycles. The second kappa shape index (κ2) is 8.51. The van der Waals surface area contributed by atoms with E-state index in [4.69, 9.17) is 4.74 Å². The minimum absolute atomic E-state index is 0.166. The predicted octanol–water partition coefficient (Wildman–Crippen LogP) is 2.06. The van der Waals surface area contributed by atoms with Crippen LogP contribution < -0.4 is 0 Å². The van der Waals surface area contributed by atoms with Crippen LogP contribution in [0.3, 0.4) is 0 Å². The number of carbonyl (C=O) groups excluding carboxylic acids is 3. The highest BCUT2D eigenvalue weighted by Gasteiger charge is 2.22. The lowest BCUT2D eigenvalue weighted by atomic mass is 10.1. The topological polar surface area (TPSA) is 63.7 Å². The maximum Gasteiger partial charge on any atom is 0.305 e. The molecule has 0 saturated carbocycles. The summed E-state index contributed by atoms with van der Waals surface area (Å²) in [5.74, 6) is -0.126. The third-order valence-corrected chi connectivity index (χ3v) is 3.12. The number of nitrogens with zero attached hydrogens (tertiary/aromatic N) is 1. The zero-order valence-corrected chi connectivity index (χ0v) is 12.3. The number of hydrogen-bond donors (Lipinski definition) is 0. The van der Waals surface area contributed by atoms with Crippen LogP contribution in [-0.4, -0.2) is 35.8 Å². The molecule has 5 nitrogen and oxygen atoms in total. The van der Waals surface area contributed by atoms with Crippen LogP contribution in [0, 0.1) is 5.92 Å². The lowest BCUT2D eigenvalue weighted by Crippen LogP contribution is -2.30. The normalized spacial score (nSPS) is 14.4. The molecule has 1 aliphatic rings. The maximum absolute atomic E-state index is 11.4. The molecule has 1 heterocycles. The fourth-order valence-electron chi connectivity index (χ4n) is 1.85. The fourth-order valence-corrected chi connectivity index (χ4v) is 1.85. The van der Waals surface area contributed by atoms with Crippen molar-refractivity contribution in [3.05, 3.63) is 12.2 Å². The Balaban J connectivity index is 2.01. The van der Waals surface area contributed by atoms with E-state index in [1.807, 2.05) is 0 Å². The average molecular weight is 281 g/mol. The molecule has 1 rings (SSSR count). The van der Waals surface area contributed by atoms with E-state index in [1.54, 1.807) is 0 Å². The second-order valence-electron chi connectivity index (χ2n) is 5.38. The van der Waals surface area contributed by atoms with Crippen molar-refractivity contribution in [2.75, 3.05) is 13.2 Å². The van der Waals surface area contributed by atoms with E-state index in [-0.39, 0.29) is 17.8 Å². The quantitative estimate of drug-likeness (QED) is 0.369. The first-order valence-corrected chi connectivity index (χ1v) is 7.20. The standard InChI is InChI=1S/C15H23NO4/c1-12(2)9-11-20-15(19)6-4-3-5-10-16-13(17)7-8-14(16)18/h7-8,12H,3-6,9-11H2,1-2H3. The van der Waals surface area contributed by atoms with Gasteiger partial charge in [0.15, 0.2) is 0 Å². The average Bonchev–Trinajstić information content (AvgIpc) is 2.69. The van der Waals surface area contributed by atoms with Crippen molar-refractivity contribution in [2.45, 2.75) is 46.0 Å². The zero-order chi connectivity index (χ0) is 15.0. The molecule has 0 radical (unpaired) electrons. The van der Waals surface area contributed by atoms with Crippen LogP contribution in [0.25, 0.3) is 0 Å². The van der Waals surface area contributed by atoms with E-state index in [9.17, 15) is 14.4 Å². The summed E-state index contributed by atoms with van der Waals surface area (Å²) in [5.41, 5.74) is 0. The third kappa shape index (κ3) is 5.99. The van der Waals surface area contributed by atoms with Gasteiger partial charge in [-0.15, -0.1) is 0 Å². The monoisotopic (exact) mass is 281 g/mol. The molecule has 0 unspecified atom stereocenters. The van der Waals surface area contributed by atoms with Gasteiger partial charge in [0.25, 0.3) is 11.8 Å². The number of amides is 2. The minimum Gasteiger partial charge on any atom is -0.466 e. The lowest BCUT2D eigenvalue weighted by Gasteiger charge is -2.13. The van der Waals surface area contributed by atoms with Gasteiger partial charge in [-0.1, -0.05) is 20.3 Å². The summed E-state index contributed by atoms with van der Waals surface area (Å²) < 4.78 is 5.10. The van der Waals surface area contributed by atoms with Gasteiger partial charge < -0.3 is 4.74 Å². The molecular formula is C15H23NO4. The van der Waals surface area contributed by atoms with Gasteiger partial charge in [-0.05, 0) is 25.2 Å². The van der Waals surface area contributed by atoms with Crippen LogP contribution in [0.5, 0.6) is 0 Å². The minimum atomic E-state index is -0.247. The molecule has 0 N–H and O–H groups in total. The molecule has 0 aromatic carbocycles. The second-order valence-corrected chi connectivity index (χ2v) is 5.38. The smallest absolute Gasteiger partial charge is 0.305 e. The molecule has 5 heteroatoms. The summed E-state index contributed by atoms with van der Waals surface area (Å²) in [6, 6.07) is 0. The Morgan fingerprint density at radius 3 is 2.40 bits per heavy atom. The van der Waals surface area contributed by atoms with E-state index in [2.05, 4.69) is 13.8 Å². The van der Waals surface area contributed by atoms with Crippen LogP contribution in [-0.2, 0) is 19.1 Å². The van der Waals surface area contributed by atoms with Gasteiger partial charge >= 0.3 is 5.97 Å². The molecule has 0 atom stereocenters. The van der Waals surface area contributed by atoms with Gasteiger partial charge in [0.05, 0.1) is 6.61 Å². The van der Waals surface area contributed by atoms with Crippen molar-refractivity contribution in [3.63, 3.8) is 0 Å². The zero-order valence-electron chi connectivity index (χ0n) is 12.3. The number of imide groups is 1. The Kier molecular flexibility index (Phi) is 6.98. The number of rotatable bonds is 9. The van der Waals surface area contributed by atoms with Gasteiger partial charge in [-0.2, -0.15) is 0 Å². The van der Waals surface area contributed by atoms with Crippen molar-refractivity contribution in [3.8, 4) is 0 Å². The highest BCUT2D eigenvalue weighted by molar-refractivity contribution is 6.12. The summed E-state index contributed by atoms with van der Waals surface area (Å²) in [6.07, 6.45) is 6.11. The van der Waals surface area contributed by atoms with Crippen molar-refractivity contribution in [2.24, 2.45) is 5.92 Å². The first-order valence-electron chi connectivity index (χ1n) is 7.20. The Morgan fingerprint density at radius 2 is 1.80 bits per heavy atom. The highest BCUT2D eigenvalue weighted by Crippen LogP contribution is 2.08. The summed E-state index contributed by atoms with van der Waals surface area (Å²) in [7, 11) is 0. The van der Waals surface area contributed by atoms with Crippen LogP contribution >= 0.6 is 0 Å². The van der Waals surface area contributed by atoms with E-state index < -0.39 is 0 Å². The molecule has 2 amide bonds. The van der Waals surface area contributed by atoms with Gasteiger partial charge in [0.2, 0.25) is 0 Å². The highest BCUT2D eigenvalue weighted by atomic mass is 16.5. The number of ether oxygens (including phenoxy) is 1. The first-order chi connectivity index (χ1) is 9.50. The van der Waals surface area contributed by atoms with E-state index in [0.29, 0.717) is 25.5 Å². The van der Waals surface area contributed by atoms with Crippen LogP contribution in [0.1, 0.15) is 46.0 Å². The Morgan fingerprint density at radius 1 is 1.15 bits per heavy atom. The molecule has 1 aliphatic heterocycles. The largest absolute Gasteiger partial charge is 0.466 e. The number of carbonyl (C=O) groups is 3. The molecule has 20 heavy (non-hydrogen) atoms. The van der Waals surface area contributed by atoms with Gasteiger partial charge in [-0.3, -0.25) is 19.3 Å². The molecule has 0 spiro atoms. The van der Waals surface area contributed by atoms with E-state index in [1.165, 1.54) is 17.1 Å². The first kappa shape index (κ1) is 16.4. The molecule has 112 valence electrons. The Labute approximate surface area is 120 Å². The van der Waals surface area contributed by atoms with Crippen molar-refractivity contribution in [1.29, 1.82) is 0 Å². The van der Waals surface area contributed by atoms with Gasteiger partial charge in [0, 0.05) is 25.1 Å². The van der Waals surface area contributed by atoms with E-state index >= 15 is 0 Å². The third-order valence-electron chi connectivity index (χ3n) is 3.12. The van der Waals surface area contributed by atoms with Crippen molar-refractivity contribution < 1.29 is 19.1 Å². The summed E-state index contributed by atoms with van der Waals surface area (Å²) in [4.78, 5) is 35.2. The van der Waals surface area contributed by atoms with Crippen LogP contribution in [0.15, 0.2) is 12.2 Å². The summed E-state index contributed by atoms with van der Waals surface area (Å²) in [6.45, 7) is 5.08. The molecular weight excluding hydrogens is 258 g/mol. The molecule has 0 aliphatic carbocycles. The molecule has 0 fully saturated rings. The number of hydrogen-bond acceptors (Lipinski definition) is 4. The molecule has 0 saturated heterocycles. The molecule has 0 aromatic rings. The lowest BCUT2D eigenvalue weighted by molar-refractivity contribution is -0.144.